The van der Waals surface area contributed by atoms with Crippen LogP contribution in [0, 0.1) is 5.82 Å². The Labute approximate surface area is 163 Å². The summed E-state index contributed by atoms with van der Waals surface area (Å²) in [5.74, 6) is -2.69. The normalized spacial score (nSPS) is 14.4. The molecule has 1 aliphatic rings. The summed E-state index contributed by atoms with van der Waals surface area (Å²) in [5, 5.41) is 10.5. The fraction of sp³-hybridized carbons (Fsp3) is 0.294. The quantitative estimate of drug-likeness (QED) is 0.573. The first kappa shape index (κ1) is 19.5. The molecule has 1 saturated heterocycles. The van der Waals surface area contributed by atoms with Gasteiger partial charge in [-0.2, -0.15) is 0 Å². The van der Waals surface area contributed by atoms with Crippen LogP contribution < -0.4 is 5.32 Å². The van der Waals surface area contributed by atoms with Crippen molar-refractivity contribution in [1.82, 2.24) is 25.3 Å². The summed E-state index contributed by atoms with van der Waals surface area (Å²) < 4.78 is 12.9. The van der Waals surface area contributed by atoms with E-state index in [9.17, 15) is 23.6 Å². The second-order valence-corrected chi connectivity index (χ2v) is 7.31. The molecule has 0 saturated carbocycles. The van der Waals surface area contributed by atoms with Crippen molar-refractivity contribution in [3.8, 4) is 0 Å². The van der Waals surface area contributed by atoms with Crippen molar-refractivity contribution in [2.45, 2.75) is 33.0 Å². The van der Waals surface area contributed by atoms with E-state index in [4.69, 9.17) is 0 Å². The number of benzene rings is 1. The molecule has 1 aromatic heterocycles. The Bertz CT molecular complexity index is 943. The van der Waals surface area contributed by atoms with Crippen LogP contribution in [0.2, 0.25) is 0 Å². The molecule has 1 N–H and O–H groups in total. The third-order valence-electron chi connectivity index (χ3n) is 3.92. The highest BCUT2D eigenvalue weighted by molar-refractivity contribution is 7.13. The van der Waals surface area contributed by atoms with Gasteiger partial charge in [-0.05, 0) is 31.5 Å². The summed E-state index contributed by atoms with van der Waals surface area (Å²) >= 11 is 0.910. The van der Waals surface area contributed by atoms with Gasteiger partial charge in [-0.1, -0.05) is 23.5 Å². The Kier molecular flexibility index (Phi) is 5.45. The van der Waals surface area contributed by atoms with Crippen molar-refractivity contribution < 1.29 is 23.6 Å². The van der Waals surface area contributed by atoms with E-state index >= 15 is 0 Å². The number of amides is 5. The van der Waals surface area contributed by atoms with E-state index in [2.05, 4.69) is 15.5 Å². The fourth-order valence-corrected chi connectivity index (χ4v) is 3.27. The lowest BCUT2D eigenvalue weighted by Crippen LogP contribution is -2.37. The number of hydrogen-bond acceptors (Lipinski definition) is 7. The molecule has 28 heavy (non-hydrogen) atoms. The average molecular weight is 405 g/mol. The second-order valence-electron chi connectivity index (χ2n) is 6.25. The van der Waals surface area contributed by atoms with E-state index in [0.29, 0.717) is 5.56 Å². The van der Waals surface area contributed by atoms with Crippen molar-refractivity contribution in [2.75, 3.05) is 0 Å². The maximum Gasteiger partial charge on any atom is 0.334 e. The molecule has 1 aliphatic heterocycles. The number of hydrogen-bond donors (Lipinski definition) is 1. The maximum atomic E-state index is 12.9. The van der Waals surface area contributed by atoms with Crippen LogP contribution in [0.5, 0.6) is 0 Å². The molecule has 0 bridgehead atoms. The van der Waals surface area contributed by atoms with Crippen LogP contribution >= 0.6 is 11.3 Å². The highest BCUT2D eigenvalue weighted by Gasteiger charge is 2.45. The third kappa shape index (κ3) is 3.88. The molecule has 0 radical (unpaired) electrons. The molecule has 11 heteroatoms. The molecule has 5 amide bonds. The number of carbonyl (C=O) groups excluding carboxylic acids is 4. The zero-order valence-electron chi connectivity index (χ0n) is 15.0. The van der Waals surface area contributed by atoms with Gasteiger partial charge >= 0.3 is 17.8 Å². The molecule has 0 spiro atoms. The van der Waals surface area contributed by atoms with Gasteiger partial charge in [-0.25, -0.2) is 14.1 Å². The molecule has 1 aromatic carbocycles. The Morgan fingerprint density at radius 1 is 1.14 bits per heavy atom. The predicted octanol–water partition coefficient (Wildman–Crippen LogP) is 1.31. The second kappa shape index (κ2) is 7.80. The average Bonchev–Trinajstić information content (AvgIpc) is 3.20. The van der Waals surface area contributed by atoms with Gasteiger partial charge in [0.1, 0.15) is 10.8 Å². The standard InChI is InChI=1S/C17H16FN5O4S/c1-9(2)23-16(26)15(25)22(17(23)27)8-12-20-21-14(28-12)13(24)19-7-10-3-5-11(18)6-4-10/h3-6,9H,7-8H2,1-2H3,(H,19,24). The molecule has 2 heterocycles. The van der Waals surface area contributed by atoms with Crippen molar-refractivity contribution in [2.24, 2.45) is 0 Å². The van der Waals surface area contributed by atoms with Crippen LogP contribution in [0.25, 0.3) is 0 Å². The molecule has 0 atom stereocenters. The van der Waals surface area contributed by atoms with Gasteiger partial charge in [0, 0.05) is 12.6 Å². The van der Waals surface area contributed by atoms with Gasteiger partial charge in [-0.3, -0.25) is 19.3 Å². The monoisotopic (exact) mass is 405 g/mol. The summed E-state index contributed by atoms with van der Waals surface area (Å²) in [5.41, 5.74) is 0.708. The van der Waals surface area contributed by atoms with Crippen LogP contribution in [0.4, 0.5) is 9.18 Å². The minimum atomic E-state index is -0.934. The Hall–Kier alpha value is -3.21. The number of aromatic nitrogens is 2. The fourth-order valence-electron chi connectivity index (χ4n) is 2.52. The first-order valence-corrected chi connectivity index (χ1v) is 9.13. The van der Waals surface area contributed by atoms with Gasteiger partial charge in [-0.15, -0.1) is 10.2 Å². The Morgan fingerprint density at radius 3 is 2.43 bits per heavy atom. The predicted molar refractivity (Wildman–Crippen MR) is 95.4 cm³/mol. The van der Waals surface area contributed by atoms with Crippen molar-refractivity contribution in [1.29, 1.82) is 0 Å². The number of urea groups is 1. The zero-order chi connectivity index (χ0) is 20.4. The summed E-state index contributed by atoms with van der Waals surface area (Å²) in [4.78, 5) is 50.0. The molecular weight excluding hydrogens is 389 g/mol. The van der Waals surface area contributed by atoms with Crippen LogP contribution in [0.3, 0.4) is 0 Å². The number of nitrogens with zero attached hydrogens (tertiary/aromatic N) is 4. The van der Waals surface area contributed by atoms with Gasteiger partial charge < -0.3 is 5.32 Å². The van der Waals surface area contributed by atoms with Crippen LogP contribution in [-0.4, -0.2) is 49.8 Å². The Balaban J connectivity index is 1.63. The van der Waals surface area contributed by atoms with Crippen LogP contribution in [0.15, 0.2) is 24.3 Å². The molecular formula is C17H16FN5O4S. The van der Waals surface area contributed by atoms with E-state index < -0.39 is 29.8 Å². The third-order valence-corrected chi connectivity index (χ3v) is 4.83. The summed E-state index contributed by atoms with van der Waals surface area (Å²) in [7, 11) is 0. The molecule has 0 unspecified atom stereocenters. The van der Waals surface area contributed by atoms with Crippen LogP contribution in [0.1, 0.15) is 34.2 Å². The lowest BCUT2D eigenvalue weighted by molar-refractivity contribution is -0.144. The maximum absolute atomic E-state index is 12.9. The summed E-state index contributed by atoms with van der Waals surface area (Å²) in [6.07, 6.45) is 0. The first-order valence-electron chi connectivity index (χ1n) is 8.32. The lowest BCUT2D eigenvalue weighted by Gasteiger charge is -2.17. The molecule has 1 fully saturated rings. The molecule has 2 aromatic rings. The number of halogens is 1. The first-order chi connectivity index (χ1) is 13.3. The van der Waals surface area contributed by atoms with E-state index in [-0.39, 0.29) is 28.9 Å². The Morgan fingerprint density at radius 2 is 1.82 bits per heavy atom. The van der Waals surface area contributed by atoms with Crippen molar-refractivity contribution in [3.05, 3.63) is 45.7 Å². The van der Waals surface area contributed by atoms with Crippen molar-refractivity contribution >= 4 is 35.1 Å². The smallest absolute Gasteiger partial charge is 0.334 e. The van der Waals surface area contributed by atoms with E-state index in [1.807, 2.05) is 0 Å². The molecule has 3 rings (SSSR count). The van der Waals surface area contributed by atoms with E-state index in [1.165, 1.54) is 12.1 Å². The number of rotatable bonds is 6. The van der Waals surface area contributed by atoms with E-state index in [1.54, 1.807) is 26.0 Å². The minimum Gasteiger partial charge on any atom is -0.346 e. The van der Waals surface area contributed by atoms with E-state index in [0.717, 1.165) is 21.1 Å². The lowest BCUT2D eigenvalue weighted by atomic mass is 10.2. The largest absolute Gasteiger partial charge is 0.346 e. The topological polar surface area (TPSA) is 113 Å². The highest BCUT2D eigenvalue weighted by Crippen LogP contribution is 2.20. The van der Waals surface area contributed by atoms with Gasteiger partial charge in [0.2, 0.25) is 5.01 Å². The van der Waals surface area contributed by atoms with Gasteiger partial charge in [0.15, 0.2) is 0 Å². The minimum absolute atomic E-state index is 0.0447. The van der Waals surface area contributed by atoms with Crippen LogP contribution in [-0.2, 0) is 22.7 Å². The van der Waals surface area contributed by atoms with Gasteiger partial charge in [0.25, 0.3) is 5.91 Å². The summed E-state index contributed by atoms with van der Waals surface area (Å²) in [6.45, 7) is 3.19. The number of imide groups is 2. The number of carbonyl (C=O) groups is 4. The van der Waals surface area contributed by atoms with Crippen molar-refractivity contribution in [3.63, 3.8) is 0 Å². The highest BCUT2D eigenvalue weighted by atomic mass is 32.1. The zero-order valence-corrected chi connectivity index (χ0v) is 15.8. The van der Waals surface area contributed by atoms with Gasteiger partial charge in [0.05, 0.1) is 6.54 Å². The molecule has 9 nitrogen and oxygen atoms in total. The summed E-state index contributed by atoms with van der Waals surface area (Å²) in [6, 6.07) is 4.50. The number of nitrogens with one attached hydrogen (secondary N) is 1. The molecule has 146 valence electrons. The molecule has 0 aliphatic carbocycles. The SMILES string of the molecule is CC(C)N1C(=O)C(=O)N(Cc2nnc(C(=O)NCc3ccc(F)cc3)s2)C1=O.